The molecule has 0 unspecified atom stereocenters. The van der Waals surface area contributed by atoms with Crippen molar-refractivity contribution >= 4 is 23.5 Å². The van der Waals surface area contributed by atoms with Crippen LogP contribution in [0.2, 0.25) is 0 Å². The van der Waals surface area contributed by atoms with Gasteiger partial charge in [-0.2, -0.15) is 13.2 Å². The summed E-state index contributed by atoms with van der Waals surface area (Å²) in [5.41, 5.74) is -0.810. The van der Waals surface area contributed by atoms with E-state index < -0.39 is 23.4 Å². The van der Waals surface area contributed by atoms with E-state index >= 15 is 0 Å². The van der Waals surface area contributed by atoms with Crippen molar-refractivity contribution in [2.45, 2.75) is 11.1 Å². The first-order valence-electron chi connectivity index (χ1n) is 8.38. The number of thioether (sulfide) groups is 1. The number of amides is 1. The number of piperazine rings is 1. The topological polar surface area (TPSA) is 36.4 Å². The Bertz CT molecular complexity index is 836. The minimum absolute atomic E-state index is 0.0150. The van der Waals surface area contributed by atoms with Crippen LogP contribution in [0.1, 0.15) is 5.56 Å². The van der Waals surface area contributed by atoms with Crippen molar-refractivity contribution < 1.29 is 26.7 Å². The Hall–Kier alpha value is -2.36. The van der Waals surface area contributed by atoms with Gasteiger partial charge < -0.3 is 9.80 Å². The van der Waals surface area contributed by atoms with Crippen LogP contribution in [-0.2, 0) is 11.0 Å². The van der Waals surface area contributed by atoms with Gasteiger partial charge in [0.05, 0.1) is 11.3 Å². The van der Waals surface area contributed by atoms with Gasteiger partial charge in [0.25, 0.3) is 0 Å². The Labute approximate surface area is 162 Å². The van der Waals surface area contributed by atoms with Gasteiger partial charge in [0.2, 0.25) is 5.91 Å². The molecule has 1 aromatic carbocycles. The summed E-state index contributed by atoms with van der Waals surface area (Å²) >= 11 is 0.993. The fourth-order valence-corrected chi connectivity index (χ4v) is 3.57. The summed E-state index contributed by atoms with van der Waals surface area (Å²) < 4.78 is 64.3. The summed E-state index contributed by atoms with van der Waals surface area (Å²) in [6.07, 6.45) is -3.64. The average molecular weight is 417 g/mol. The van der Waals surface area contributed by atoms with E-state index in [9.17, 15) is 26.7 Å². The highest BCUT2D eigenvalue weighted by Gasteiger charge is 2.31. The van der Waals surface area contributed by atoms with Crippen LogP contribution in [0, 0.1) is 11.6 Å². The van der Waals surface area contributed by atoms with Gasteiger partial charge >= 0.3 is 6.18 Å². The maximum atomic E-state index is 13.6. The highest BCUT2D eigenvalue weighted by molar-refractivity contribution is 8.00. The second-order valence-electron chi connectivity index (χ2n) is 6.13. The van der Waals surface area contributed by atoms with Crippen molar-refractivity contribution in [1.29, 1.82) is 0 Å². The average Bonchev–Trinajstić information content (AvgIpc) is 2.67. The van der Waals surface area contributed by atoms with Crippen LogP contribution >= 0.6 is 11.8 Å². The molecule has 0 atom stereocenters. The van der Waals surface area contributed by atoms with Crippen LogP contribution in [0.15, 0.2) is 41.4 Å². The molecular formula is C18H16F5N3OS. The molecule has 1 aliphatic rings. The van der Waals surface area contributed by atoms with Crippen molar-refractivity contribution in [1.82, 2.24) is 9.88 Å². The van der Waals surface area contributed by atoms with Crippen LogP contribution in [0.5, 0.6) is 0 Å². The van der Waals surface area contributed by atoms with Crippen LogP contribution < -0.4 is 4.90 Å². The summed E-state index contributed by atoms with van der Waals surface area (Å²) in [6, 6.07) is 5.48. The minimum Gasteiger partial charge on any atom is -0.353 e. The van der Waals surface area contributed by atoms with E-state index in [1.54, 1.807) is 9.80 Å². The third-order valence-corrected chi connectivity index (χ3v) is 5.31. The molecule has 1 amide bonds. The molecule has 0 aliphatic carbocycles. The van der Waals surface area contributed by atoms with Crippen molar-refractivity contribution in [2.24, 2.45) is 0 Å². The Morgan fingerprint density at radius 1 is 1.07 bits per heavy atom. The van der Waals surface area contributed by atoms with Gasteiger partial charge in [0, 0.05) is 43.3 Å². The van der Waals surface area contributed by atoms with E-state index in [-0.39, 0.29) is 16.6 Å². The number of carbonyl (C=O) groups is 1. The molecule has 0 N–H and O–H groups in total. The molecule has 1 saturated heterocycles. The number of alkyl halides is 3. The molecule has 2 heterocycles. The lowest BCUT2D eigenvalue weighted by Gasteiger charge is -2.35. The number of hydrogen-bond acceptors (Lipinski definition) is 4. The van der Waals surface area contributed by atoms with Gasteiger partial charge in [-0.05, 0) is 24.3 Å². The maximum absolute atomic E-state index is 13.6. The first-order valence-corrected chi connectivity index (χ1v) is 9.36. The number of nitrogens with zero attached hydrogens (tertiary/aromatic N) is 3. The fraction of sp³-hybridized carbons (Fsp3) is 0.333. The summed E-state index contributed by atoms with van der Waals surface area (Å²) in [4.78, 5) is 19.8. The summed E-state index contributed by atoms with van der Waals surface area (Å²) in [5.74, 6) is -1.14. The predicted molar refractivity (Wildman–Crippen MR) is 95.1 cm³/mol. The van der Waals surface area contributed by atoms with Crippen molar-refractivity contribution in [3.05, 3.63) is 53.7 Å². The predicted octanol–water partition coefficient (Wildman–Crippen LogP) is 3.82. The molecule has 0 bridgehead atoms. The molecule has 1 aliphatic heterocycles. The smallest absolute Gasteiger partial charge is 0.353 e. The number of pyridine rings is 1. The normalized spacial score (nSPS) is 15.0. The number of anilines is 1. The van der Waals surface area contributed by atoms with Gasteiger partial charge in [0.15, 0.2) is 0 Å². The van der Waals surface area contributed by atoms with Crippen LogP contribution in [0.25, 0.3) is 0 Å². The minimum atomic E-state index is -4.43. The van der Waals surface area contributed by atoms with Crippen molar-refractivity contribution in [3.8, 4) is 0 Å². The Morgan fingerprint density at radius 2 is 1.79 bits per heavy atom. The lowest BCUT2D eigenvalue weighted by Crippen LogP contribution is -2.49. The number of halogens is 5. The van der Waals surface area contributed by atoms with E-state index in [1.807, 2.05) is 0 Å². The lowest BCUT2D eigenvalue weighted by molar-refractivity contribution is -0.137. The van der Waals surface area contributed by atoms with E-state index in [1.165, 1.54) is 12.1 Å². The second-order valence-corrected chi connectivity index (χ2v) is 7.15. The van der Waals surface area contributed by atoms with E-state index in [2.05, 4.69) is 4.98 Å². The number of rotatable bonds is 4. The fourth-order valence-electron chi connectivity index (χ4n) is 2.75. The highest BCUT2D eigenvalue weighted by Crippen LogP contribution is 2.29. The maximum Gasteiger partial charge on any atom is 0.417 e. The second kappa shape index (κ2) is 8.34. The number of carbonyl (C=O) groups excluding carboxylic acids is 1. The SMILES string of the molecule is O=C(CSc1ccc(F)cc1F)N1CCN(c2ccc(C(F)(F)F)cn2)CC1. The van der Waals surface area contributed by atoms with Crippen molar-refractivity contribution in [3.63, 3.8) is 0 Å². The molecule has 3 rings (SSSR count). The largest absolute Gasteiger partial charge is 0.417 e. The van der Waals surface area contributed by atoms with E-state index in [0.717, 1.165) is 36.2 Å². The molecule has 1 fully saturated rings. The van der Waals surface area contributed by atoms with Crippen LogP contribution in [-0.4, -0.2) is 47.7 Å². The monoisotopic (exact) mass is 417 g/mol. The first-order chi connectivity index (χ1) is 13.2. The van der Waals surface area contributed by atoms with Gasteiger partial charge in [-0.1, -0.05) is 0 Å². The molecule has 28 heavy (non-hydrogen) atoms. The molecule has 1 aromatic heterocycles. The zero-order chi connectivity index (χ0) is 20.3. The molecular weight excluding hydrogens is 401 g/mol. The summed E-state index contributed by atoms with van der Waals surface area (Å²) in [7, 11) is 0. The van der Waals surface area contributed by atoms with Crippen LogP contribution in [0.3, 0.4) is 0 Å². The quantitative estimate of drug-likeness (QED) is 0.560. The molecule has 150 valence electrons. The number of hydrogen-bond donors (Lipinski definition) is 0. The molecule has 4 nitrogen and oxygen atoms in total. The molecule has 0 saturated carbocycles. The molecule has 2 aromatic rings. The molecule has 0 spiro atoms. The van der Waals surface area contributed by atoms with Crippen molar-refractivity contribution in [2.75, 3.05) is 36.8 Å². The zero-order valence-electron chi connectivity index (χ0n) is 14.5. The van der Waals surface area contributed by atoms with E-state index in [4.69, 9.17) is 0 Å². The Morgan fingerprint density at radius 3 is 2.36 bits per heavy atom. The van der Waals surface area contributed by atoms with Gasteiger partial charge in [0.1, 0.15) is 17.5 Å². The zero-order valence-corrected chi connectivity index (χ0v) is 15.4. The first kappa shape index (κ1) is 20.4. The number of benzene rings is 1. The van der Waals surface area contributed by atoms with Gasteiger partial charge in [-0.15, -0.1) is 11.8 Å². The van der Waals surface area contributed by atoms with Gasteiger partial charge in [-0.25, -0.2) is 13.8 Å². The molecule has 0 radical (unpaired) electrons. The third kappa shape index (κ3) is 4.92. The molecule has 10 heteroatoms. The standard InChI is InChI=1S/C18H16F5N3OS/c19-13-2-3-15(14(20)9-13)28-11-17(27)26-7-5-25(6-8-26)16-4-1-12(10-24-16)18(21,22)23/h1-4,9-10H,5-8,11H2. The van der Waals surface area contributed by atoms with Gasteiger partial charge in [-0.3, -0.25) is 4.79 Å². The van der Waals surface area contributed by atoms with Crippen LogP contribution in [0.4, 0.5) is 27.8 Å². The summed E-state index contributed by atoms with van der Waals surface area (Å²) in [5, 5.41) is 0. The Kier molecular flexibility index (Phi) is 6.07. The Balaban J connectivity index is 1.51. The third-order valence-electron chi connectivity index (χ3n) is 4.28. The number of aromatic nitrogens is 1. The lowest BCUT2D eigenvalue weighted by atomic mass is 10.2. The summed E-state index contributed by atoms with van der Waals surface area (Å²) in [6.45, 7) is 1.63. The van der Waals surface area contributed by atoms with E-state index in [0.29, 0.717) is 32.0 Å². The highest BCUT2D eigenvalue weighted by atomic mass is 32.2.